The molecule has 0 aliphatic heterocycles. The second-order valence-electron chi connectivity index (χ2n) is 17.4. The summed E-state index contributed by atoms with van der Waals surface area (Å²) in [5, 5.41) is 104. The Morgan fingerprint density at radius 2 is 0.951 bits per heavy atom. The summed E-state index contributed by atoms with van der Waals surface area (Å²) in [6.45, 7) is 0.215. The summed E-state index contributed by atoms with van der Waals surface area (Å²) in [6, 6.07) is 20.3. The summed E-state index contributed by atoms with van der Waals surface area (Å²) in [5.41, 5.74) is 12.9. The highest BCUT2D eigenvalue weighted by molar-refractivity contribution is 5.97. The Morgan fingerprint density at radius 3 is 1.41 bits per heavy atom. The van der Waals surface area contributed by atoms with Gasteiger partial charge in [-0.1, -0.05) is 10.4 Å². The first-order valence-electron chi connectivity index (χ1n) is 23.6. The Balaban J connectivity index is 0.978. The number of hydrazine groups is 1. The lowest BCUT2D eigenvalue weighted by atomic mass is 10.1. The molecule has 29 nitrogen and oxygen atoms in total. The molecule has 0 aliphatic rings. The van der Waals surface area contributed by atoms with Gasteiger partial charge in [0.2, 0.25) is 0 Å². The van der Waals surface area contributed by atoms with Gasteiger partial charge in [-0.2, -0.15) is 0 Å². The molecule has 17 N–H and O–H groups in total. The third-order valence-electron chi connectivity index (χ3n) is 11.8. The Bertz CT molecular complexity index is 3770. The topological polar surface area (TPSA) is 469 Å². The molecular weight excluding hydrogens is 1060 g/mol. The van der Waals surface area contributed by atoms with Gasteiger partial charge < -0.3 is 68.3 Å². The fourth-order valence-corrected chi connectivity index (χ4v) is 7.63. The monoisotopic (exact) mass is 1100 g/mol. The minimum absolute atomic E-state index is 0.00113. The second kappa shape index (κ2) is 23.6. The van der Waals surface area contributed by atoms with Crippen LogP contribution in [0.1, 0.15) is 86.4 Å². The summed E-state index contributed by atoms with van der Waals surface area (Å²) < 4.78 is 2.50. The maximum atomic E-state index is 13.8. The largest absolute Gasteiger partial charge is 0.507 e. The minimum atomic E-state index is -1.37. The van der Waals surface area contributed by atoms with Gasteiger partial charge in [-0.15, -0.1) is 10.2 Å². The molecule has 81 heavy (non-hydrogen) atoms. The molecular formula is C52H45N15O14. The van der Waals surface area contributed by atoms with Gasteiger partial charge in [0.1, 0.15) is 56.6 Å². The van der Waals surface area contributed by atoms with Crippen LogP contribution < -0.4 is 38.3 Å². The van der Waals surface area contributed by atoms with Crippen LogP contribution in [0.15, 0.2) is 122 Å². The number of carboxylic acids is 4. The van der Waals surface area contributed by atoms with E-state index in [4.69, 9.17) is 17.3 Å². The van der Waals surface area contributed by atoms with E-state index in [9.17, 15) is 69.6 Å². The van der Waals surface area contributed by atoms with Crippen molar-refractivity contribution < 1.29 is 69.6 Å². The van der Waals surface area contributed by atoms with E-state index in [1.54, 1.807) is 0 Å². The van der Waals surface area contributed by atoms with Gasteiger partial charge in [0.15, 0.2) is 0 Å². The van der Waals surface area contributed by atoms with Crippen LogP contribution in [0.25, 0.3) is 45.5 Å². The van der Waals surface area contributed by atoms with Gasteiger partial charge in [-0.3, -0.25) is 14.6 Å². The van der Waals surface area contributed by atoms with E-state index in [-0.39, 0.29) is 115 Å². The number of phenols is 4. The number of benzene rings is 4. The molecule has 8 rings (SSSR count). The summed E-state index contributed by atoms with van der Waals surface area (Å²) in [6.07, 6.45) is 6.03. The summed E-state index contributed by atoms with van der Waals surface area (Å²) in [5.74, 6) is -2.50. The van der Waals surface area contributed by atoms with Gasteiger partial charge in [0.05, 0.1) is 63.6 Å². The highest BCUT2D eigenvalue weighted by Crippen LogP contribution is 2.29. The van der Waals surface area contributed by atoms with E-state index >= 15 is 0 Å². The average Bonchev–Trinajstić information content (AvgIpc) is 4.27. The summed E-state index contributed by atoms with van der Waals surface area (Å²) >= 11 is 0. The van der Waals surface area contributed by atoms with Crippen LogP contribution in [0.3, 0.4) is 0 Å². The molecule has 0 radical (unpaired) electrons. The molecule has 4 heterocycles. The fraction of sp³-hybridized carbons (Fsp3) is 0.0769. The number of nitrogens with two attached hydrogens (primary N) is 3. The molecule has 0 saturated carbocycles. The minimum Gasteiger partial charge on any atom is -0.507 e. The lowest BCUT2D eigenvalue weighted by Crippen LogP contribution is -2.28. The smallest absolute Gasteiger partial charge is 0.339 e. The van der Waals surface area contributed by atoms with Crippen LogP contribution in [0, 0.1) is 0 Å². The zero-order chi connectivity index (χ0) is 58.2. The maximum absolute atomic E-state index is 13.8. The number of unbranched alkanes of at least 4 members (excludes halogenated alkanes) is 1. The highest BCUT2D eigenvalue weighted by Gasteiger charge is 2.21. The van der Waals surface area contributed by atoms with Crippen molar-refractivity contribution >= 4 is 58.5 Å². The number of carbonyl (C=O) groups is 6. The molecule has 4 aromatic carbocycles. The quantitative estimate of drug-likeness (QED) is 0.0278. The molecule has 0 fully saturated rings. The van der Waals surface area contributed by atoms with Crippen LogP contribution in [-0.4, -0.2) is 130 Å². The lowest BCUT2D eigenvalue weighted by Gasteiger charge is -2.16. The SMILES string of the molecule is N/C(=C\Nc1ccc(C(=O)O)c(O)c1)c1cc(C(=O)NCCCCNC(=O)c2cc(-c3cn(-c4ccc(C(=O)O)c(O)c4)nn3)nc(-c3cn(-c4ccc(C(=O)O)c(O)c4)nn3)c2)cc(/C(N)=C/N(N)c2ccc(C(=O)O)c(O)c2)n1. The first kappa shape index (κ1) is 55.4. The maximum Gasteiger partial charge on any atom is 0.339 e. The average molecular weight is 1100 g/mol. The predicted molar refractivity (Wildman–Crippen MR) is 285 cm³/mol. The predicted octanol–water partition coefficient (Wildman–Crippen LogP) is 3.53. The van der Waals surface area contributed by atoms with E-state index in [0.717, 1.165) is 23.2 Å². The number of nitrogens with one attached hydrogen (secondary N) is 3. The van der Waals surface area contributed by atoms with E-state index in [2.05, 4.69) is 46.5 Å². The molecule has 0 atom stereocenters. The molecule has 29 heteroatoms. The standard InChI is InChI=1S/C52H45N15O14/c53-35(21-58-27-3-7-31(49(74)75)43(68)17-27)37-13-25(14-38(59-37)36(54)22-65(55)28-4-8-32(50(76)77)44(69)18-28)47(72)56-11-1-2-12-57-48(73)26-15-39(41-23-66(63-61-41)29-5-9-33(51(78)79)45(70)19-29)60-40(16-26)42-24-67(64-62-42)30-6-10-34(52(80)81)46(71)20-30/h3-10,13-24,58,68-71H,1-2,11-12,53-55H2,(H,56,72)(H,57,73)(H,74,75)(H,76,77)(H,78,79)(H,80,81)/b35-21-,36-22-. The third kappa shape index (κ3) is 12.9. The van der Waals surface area contributed by atoms with Crippen molar-refractivity contribution in [3.8, 4) is 57.1 Å². The molecule has 0 spiro atoms. The number of aromatic hydroxyl groups is 4. The highest BCUT2D eigenvalue weighted by atomic mass is 16.4. The number of carbonyl (C=O) groups excluding carboxylic acids is 2. The first-order chi connectivity index (χ1) is 38.6. The molecule has 4 aromatic heterocycles. The van der Waals surface area contributed by atoms with Gasteiger partial charge in [0, 0.05) is 66.6 Å². The molecule has 8 aromatic rings. The fourth-order valence-electron chi connectivity index (χ4n) is 7.63. The van der Waals surface area contributed by atoms with Gasteiger partial charge in [-0.05, 0) is 85.6 Å². The number of amides is 2. The van der Waals surface area contributed by atoms with Gasteiger partial charge in [0.25, 0.3) is 11.8 Å². The molecule has 0 aliphatic carbocycles. The molecule has 0 bridgehead atoms. The van der Waals surface area contributed by atoms with Gasteiger partial charge in [-0.25, -0.2) is 44.4 Å². The van der Waals surface area contributed by atoms with Crippen LogP contribution >= 0.6 is 0 Å². The van der Waals surface area contributed by atoms with Crippen molar-refractivity contribution in [2.75, 3.05) is 23.4 Å². The van der Waals surface area contributed by atoms with E-state index in [1.807, 2.05) is 0 Å². The molecule has 0 saturated heterocycles. The normalized spacial score (nSPS) is 11.4. The van der Waals surface area contributed by atoms with Crippen molar-refractivity contribution in [1.82, 2.24) is 50.6 Å². The van der Waals surface area contributed by atoms with E-state index < -0.39 is 58.7 Å². The Hall–Kier alpha value is -11.9. The van der Waals surface area contributed by atoms with Crippen molar-refractivity contribution in [2.45, 2.75) is 12.8 Å². The molecule has 412 valence electrons. The van der Waals surface area contributed by atoms with Crippen LogP contribution in [-0.2, 0) is 0 Å². The third-order valence-corrected chi connectivity index (χ3v) is 11.8. The Labute approximate surface area is 454 Å². The Morgan fingerprint density at radius 1 is 0.519 bits per heavy atom. The first-order valence-corrected chi connectivity index (χ1v) is 23.6. The second-order valence-corrected chi connectivity index (χ2v) is 17.4. The van der Waals surface area contributed by atoms with Crippen molar-refractivity contribution in [1.29, 1.82) is 0 Å². The van der Waals surface area contributed by atoms with E-state index in [1.165, 1.54) is 113 Å². The van der Waals surface area contributed by atoms with Crippen LogP contribution in [0.2, 0.25) is 0 Å². The zero-order valence-corrected chi connectivity index (χ0v) is 41.7. The lowest BCUT2D eigenvalue weighted by molar-refractivity contribution is 0.0682. The molecule has 0 unspecified atom stereocenters. The van der Waals surface area contributed by atoms with Crippen molar-refractivity contribution in [2.24, 2.45) is 17.3 Å². The number of anilines is 2. The Kier molecular flexibility index (Phi) is 16.1. The number of aromatic nitrogens is 8. The zero-order valence-electron chi connectivity index (χ0n) is 41.7. The number of hydrogen-bond acceptors (Lipinski definition) is 21. The number of rotatable bonds is 21. The van der Waals surface area contributed by atoms with Crippen molar-refractivity contribution in [3.63, 3.8) is 0 Å². The number of pyridine rings is 2. The van der Waals surface area contributed by atoms with Gasteiger partial charge >= 0.3 is 23.9 Å². The van der Waals surface area contributed by atoms with E-state index in [0.29, 0.717) is 12.8 Å². The summed E-state index contributed by atoms with van der Waals surface area (Å²) in [4.78, 5) is 82.5. The number of hydrogen-bond donors (Lipinski definition) is 14. The van der Waals surface area contributed by atoms with Crippen LogP contribution in [0.5, 0.6) is 23.0 Å². The van der Waals surface area contributed by atoms with Crippen molar-refractivity contribution in [3.05, 3.63) is 167 Å². The number of carboxylic acid groups (broad SMARTS) is 4. The summed E-state index contributed by atoms with van der Waals surface area (Å²) in [7, 11) is 0. The van der Waals surface area contributed by atoms with Crippen LogP contribution in [0.4, 0.5) is 11.4 Å². The number of aromatic carboxylic acids is 4. The number of nitrogens with zero attached hydrogens (tertiary/aromatic N) is 9. The molecule has 2 amide bonds.